The summed E-state index contributed by atoms with van der Waals surface area (Å²) in [5.41, 5.74) is 0. The van der Waals surface area contributed by atoms with Crippen LogP contribution in [-0.4, -0.2) is 38.4 Å². The molecule has 2 rings (SSSR count). The number of sulfonamides is 1. The molecular weight excluding hydrogens is 328 g/mol. The van der Waals surface area contributed by atoms with E-state index in [0.717, 1.165) is 25.9 Å². The summed E-state index contributed by atoms with van der Waals surface area (Å²) >= 11 is 3.33. The summed E-state index contributed by atoms with van der Waals surface area (Å²) in [6, 6.07) is 7.04. The van der Waals surface area contributed by atoms with Gasteiger partial charge < -0.3 is 5.32 Å². The Morgan fingerprint density at radius 2 is 2.16 bits per heavy atom. The fraction of sp³-hybridized carbons (Fsp3) is 0.538. The molecule has 0 radical (unpaired) electrons. The molecule has 0 bridgehead atoms. The number of nitrogens with zero attached hydrogens (tertiary/aromatic N) is 1. The first-order valence-electron chi connectivity index (χ1n) is 6.54. The third-order valence-electron chi connectivity index (χ3n) is 3.41. The van der Waals surface area contributed by atoms with Crippen LogP contribution in [0.15, 0.2) is 33.6 Å². The largest absolute Gasteiger partial charge is 0.315 e. The number of halogens is 1. The molecular formula is C13H19BrN2O2S. The molecule has 1 heterocycles. The van der Waals surface area contributed by atoms with Crippen LogP contribution in [0.2, 0.25) is 0 Å². The van der Waals surface area contributed by atoms with Gasteiger partial charge in [0.1, 0.15) is 0 Å². The number of benzene rings is 1. The van der Waals surface area contributed by atoms with E-state index >= 15 is 0 Å². The molecule has 0 saturated carbocycles. The van der Waals surface area contributed by atoms with E-state index < -0.39 is 10.0 Å². The van der Waals surface area contributed by atoms with Gasteiger partial charge in [-0.25, -0.2) is 8.42 Å². The smallest absolute Gasteiger partial charge is 0.244 e. The van der Waals surface area contributed by atoms with E-state index in [1.807, 2.05) is 13.0 Å². The number of nitrogens with one attached hydrogen (secondary N) is 1. The maximum atomic E-state index is 12.8. The number of rotatable bonds is 4. The molecule has 0 amide bonds. The molecule has 0 aromatic heterocycles. The van der Waals surface area contributed by atoms with Gasteiger partial charge in [-0.15, -0.1) is 0 Å². The van der Waals surface area contributed by atoms with E-state index in [9.17, 15) is 8.42 Å². The molecule has 0 spiro atoms. The lowest BCUT2D eigenvalue weighted by Crippen LogP contribution is -2.48. The minimum atomic E-state index is -3.43. The Morgan fingerprint density at radius 1 is 1.42 bits per heavy atom. The first-order valence-corrected chi connectivity index (χ1v) is 8.77. The first kappa shape index (κ1) is 15.0. The van der Waals surface area contributed by atoms with Gasteiger partial charge >= 0.3 is 0 Å². The first-order chi connectivity index (χ1) is 9.07. The third kappa shape index (κ3) is 3.18. The molecule has 106 valence electrons. The van der Waals surface area contributed by atoms with Crippen molar-refractivity contribution in [1.29, 1.82) is 0 Å². The molecule has 1 fully saturated rings. The third-order valence-corrected chi connectivity index (χ3v) is 6.45. The molecule has 1 atom stereocenters. The highest BCUT2D eigenvalue weighted by Crippen LogP contribution is 2.27. The van der Waals surface area contributed by atoms with Gasteiger partial charge in [0.05, 0.1) is 4.90 Å². The molecule has 1 aliphatic heterocycles. The van der Waals surface area contributed by atoms with Crippen molar-refractivity contribution in [2.75, 3.05) is 19.6 Å². The molecule has 1 unspecified atom stereocenters. The Kier molecular flexibility index (Phi) is 5.00. The van der Waals surface area contributed by atoms with E-state index in [-0.39, 0.29) is 6.04 Å². The quantitative estimate of drug-likeness (QED) is 0.909. The van der Waals surface area contributed by atoms with Gasteiger partial charge in [0.25, 0.3) is 0 Å². The highest BCUT2D eigenvalue weighted by Gasteiger charge is 2.32. The number of hydrogen-bond acceptors (Lipinski definition) is 3. The van der Waals surface area contributed by atoms with Crippen LogP contribution in [0.25, 0.3) is 0 Å². The average molecular weight is 347 g/mol. The van der Waals surface area contributed by atoms with E-state index in [1.165, 1.54) is 0 Å². The van der Waals surface area contributed by atoms with Crippen molar-refractivity contribution in [3.8, 4) is 0 Å². The zero-order valence-corrected chi connectivity index (χ0v) is 13.4. The van der Waals surface area contributed by atoms with E-state index in [1.54, 1.807) is 22.5 Å². The highest BCUT2D eigenvalue weighted by atomic mass is 79.9. The molecule has 0 aliphatic carbocycles. The summed E-state index contributed by atoms with van der Waals surface area (Å²) in [5, 5.41) is 3.27. The molecule has 1 N–H and O–H groups in total. The number of piperidine rings is 1. The lowest BCUT2D eigenvalue weighted by molar-refractivity contribution is 0.274. The Balaban J connectivity index is 2.33. The normalized spacial score (nSPS) is 20.7. The van der Waals surface area contributed by atoms with Crippen LogP contribution in [0.5, 0.6) is 0 Å². The summed E-state index contributed by atoms with van der Waals surface area (Å²) in [5.74, 6) is 0. The summed E-state index contributed by atoms with van der Waals surface area (Å²) in [6.07, 6.45) is 1.94. The summed E-state index contributed by atoms with van der Waals surface area (Å²) in [4.78, 5) is 0.349. The predicted molar refractivity (Wildman–Crippen MR) is 79.6 cm³/mol. The standard InChI is InChI=1S/C13H19BrN2O2S/c1-2-16(11-6-5-9-15-10-11)19(17,18)13-8-4-3-7-12(13)14/h3-4,7-8,11,15H,2,5-6,9-10H2,1H3. The van der Waals surface area contributed by atoms with Gasteiger partial charge in [-0.2, -0.15) is 4.31 Å². The minimum Gasteiger partial charge on any atom is -0.315 e. The lowest BCUT2D eigenvalue weighted by atomic mass is 10.1. The molecule has 1 saturated heterocycles. The maximum absolute atomic E-state index is 12.8. The fourth-order valence-electron chi connectivity index (χ4n) is 2.48. The van der Waals surface area contributed by atoms with Gasteiger partial charge in [-0.1, -0.05) is 19.1 Å². The van der Waals surface area contributed by atoms with Crippen molar-refractivity contribution >= 4 is 26.0 Å². The topological polar surface area (TPSA) is 49.4 Å². The molecule has 1 aromatic carbocycles. The van der Waals surface area contributed by atoms with Crippen LogP contribution >= 0.6 is 15.9 Å². The summed E-state index contributed by atoms with van der Waals surface area (Å²) in [6.45, 7) is 4.10. The van der Waals surface area contributed by atoms with Crippen molar-refractivity contribution in [2.24, 2.45) is 0 Å². The SMILES string of the molecule is CCN(C1CCCNC1)S(=O)(=O)c1ccccc1Br. The van der Waals surface area contributed by atoms with Crippen LogP contribution in [0.1, 0.15) is 19.8 Å². The second-order valence-electron chi connectivity index (χ2n) is 4.64. The van der Waals surface area contributed by atoms with Gasteiger partial charge in [0, 0.05) is 23.6 Å². The van der Waals surface area contributed by atoms with Crippen LogP contribution in [0, 0.1) is 0 Å². The second-order valence-corrected chi connectivity index (χ2v) is 7.35. The van der Waals surface area contributed by atoms with Crippen molar-refractivity contribution in [3.05, 3.63) is 28.7 Å². The Hall–Kier alpha value is -0.430. The fourth-order valence-corrected chi connectivity index (χ4v) is 5.11. The zero-order valence-electron chi connectivity index (χ0n) is 11.0. The van der Waals surface area contributed by atoms with Crippen molar-refractivity contribution in [1.82, 2.24) is 9.62 Å². The van der Waals surface area contributed by atoms with Gasteiger partial charge in [-0.3, -0.25) is 0 Å². The molecule has 6 heteroatoms. The molecule has 4 nitrogen and oxygen atoms in total. The van der Waals surface area contributed by atoms with Crippen molar-refractivity contribution < 1.29 is 8.42 Å². The zero-order chi connectivity index (χ0) is 13.9. The van der Waals surface area contributed by atoms with E-state index in [4.69, 9.17) is 0 Å². The number of likely N-dealkylation sites (N-methyl/N-ethyl adjacent to an activating group) is 1. The van der Waals surface area contributed by atoms with Gasteiger partial charge in [0.2, 0.25) is 10.0 Å². The van der Waals surface area contributed by atoms with Gasteiger partial charge in [0.15, 0.2) is 0 Å². The molecule has 1 aliphatic rings. The van der Waals surface area contributed by atoms with E-state index in [0.29, 0.717) is 15.9 Å². The second kappa shape index (κ2) is 6.35. The van der Waals surface area contributed by atoms with Crippen LogP contribution in [0.4, 0.5) is 0 Å². The maximum Gasteiger partial charge on any atom is 0.244 e. The lowest BCUT2D eigenvalue weighted by Gasteiger charge is -2.33. The van der Waals surface area contributed by atoms with Gasteiger partial charge in [-0.05, 0) is 47.4 Å². The van der Waals surface area contributed by atoms with Crippen LogP contribution < -0.4 is 5.32 Å². The van der Waals surface area contributed by atoms with Crippen LogP contribution in [-0.2, 0) is 10.0 Å². The number of hydrogen-bond donors (Lipinski definition) is 1. The summed E-state index contributed by atoms with van der Waals surface area (Å²) < 4.78 is 27.7. The molecule has 19 heavy (non-hydrogen) atoms. The van der Waals surface area contributed by atoms with Crippen LogP contribution in [0.3, 0.4) is 0 Å². The van der Waals surface area contributed by atoms with Crippen molar-refractivity contribution in [2.45, 2.75) is 30.7 Å². The predicted octanol–water partition coefficient (Wildman–Crippen LogP) is 2.21. The Bertz CT molecular complexity index is 527. The minimum absolute atomic E-state index is 0.0517. The molecule has 1 aromatic rings. The Morgan fingerprint density at radius 3 is 2.74 bits per heavy atom. The highest BCUT2D eigenvalue weighted by molar-refractivity contribution is 9.10. The summed E-state index contributed by atoms with van der Waals surface area (Å²) in [7, 11) is -3.43. The average Bonchev–Trinajstić information content (AvgIpc) is 2.40. The Labute approximate surface area is 123 Å². The monoisotopic (exact) mass is 346 g/mol. The van der Waals surface area contributed by atoms with Crippen molar-refractivity contribution in [3.63, 3.8) is 0 Å². The van der Waals surface area contributed by atoms with E-state index in [2.05, 4.69) is 21.2 Å².